The van der Waals surface area contributed by atoms with Gasteiger partial charge >= 0.3 is 7.82 Å². The average Bonchev–Trinajstić information content (AvgIpc) is 3.13. The molecule has 0 rings (SSSR count). The van der Waals surface area contributed by atoms with Gasteiger partial charge in [0, 0.05) is 13.0 Å². The molecular weight excluding hydrogens is 671 g/mol. The molecule has 304 valence electrons. The van der Waals surface area contributed by atoms with E-state index >= 15 is 0 Å². The van der Waals surface area contributed by atoms with Gasteiger partial charge in [-0.1, -0.05) is 172 Å². The summed E-state index contributed by atoms with van der Waals surface area (Å²) < 4.78 is 22.1. The second-order valence-corrected chi connectivity index (χ2v) is 15.6. The Hall–Kier alpha value is -1.54. The van der Waals surface area contributed by atoms with Crippen molar-refractivity contribution in [2.24, 2.45) is 5.73 Å². The van der Waals surface area contributed by atoms with Gasteiger partial charge in [-0.2, -0.15) is 0 Å². The minimum absolute atomic E-state index is 0.0702. The summed E-state index contributed by atoms with van der Waals surface area (Å²) in [6.07, 6.45) is 47.4. The summed E-state index contributed by atoms with van der Waals surface area (Å²) in [5.41, 5.74) is 5.36. The molecule has 0 aliphatic heterocycles. The van der Waals surface area contributed by atoms with Gasteiger partial charge in [0.05, 0.1) is 25.4 Å². The van der Waals surface area contributed by atoms with Crippen molar-refractivity contribution in [2.75, 3.05) is 19.8 Å². The van der Waals surface area contributed by atoms with Gasteiger partial charge in [0.15, 0.2) is 0 Å². The van der Waals surface area contributed by atoms with E-state index in [-0.39, 0.29) is 25.7 Å². The molecule has 0 aromatic carbocycles. The molecule has 0 aromatic rings. The van der Waals surface area contributed by atoms with Gasteiger partial charge in [-0.25, -0.2) is 4.57 Å². The van der Waals surface area contributed by atoms with Gasteiger partial charge in [-0.05, 0) is 57.8 Å². The Balaban J connectivity index is 4.28. The molecule has 0 aliphatic carbocycles. The second kappa shape index (κ2) is 39.2. The minimum Gasteiger partial charge on any atom is -0.387 e. The van der Waals surface area contributed by atoms with E-state index in [0.29, 0.717) is 6.42 Å². The third-order valence-electron chi connectivity index (χ3n) is 9.11. The Morgan fingerprint density at radius 1 is 0.635 bits per heavy atom. The van der Waals surface area contributed by atoms with Crippen molar-refractivity contribution in [3.8, 4) is 0 Å². The van der Waals surface area contributed by atoms with Crippen molar-refractivity contribution in [1.82, 2.24) is 5.32 Å². The van der Waals surface area contributed by atoms with Crippen LogP contribution in [0.25, 0.3) is 0 Å². The zero-order chi connectivity index (χ0) is 38.2. The first-order valence-electron chi connectivity index (χ1n) is 21.3. The highest BCUT2D eigenvalue weighted by Crippen LogP contribution is 2.43. The topological polar surface area (TPSA) is 131 Å². The molecule has 0 radical (unpaired) electrons. The number of nitrogens with one attached hydrogen (secondary N) is 1. The van der Waals surface area contributed by atoms with Crippen molar-refractivity contribution in [2.45, 2.75) is 199 Å². The highest BCUT2D eigenvalue weighted by Gasteiger charge is 2.26. The van der Waals surface area contributed by atoms with Crippen molar-refractivity contribution < 1.29 is 28.4 Å². The number of aliphatic hydroxyl groups excluding tert-OH is 1. The van der Waals surface area contributed by atoms with Gasteiger partial charge in [0.1, 0.15) is 0 Å². The molecule has 3 unspecified atom stereocenters. The van der Waals surface area contributed by atoms with E-state index in [9.17, 15) is 19.4 Å². The summed E-state index contributed by atoms with van der Waals surface area (Å²) in [7, 11) is -4.35. The predicted molar refractivity (Wildman–Crippen MR) is 221 cm³/mol. The molecule has 0 aromatic heterocycles. The average molecular weight is 753 g/mol. The van der Waals surface area contributed by atoms with E-state index in [0.717, 1.165) is 70.6 Å². The number of carbonyl (C=O) groups excluding carboxylic acids is 1. The predicted octanol–water partition coefficient (Wildman–Crippen LogP) is 11.7. The number of allylic oxidation sites excluding steroid dienone is 7. The quantitative estimate of drug-likeness (QED) is 0.0279. The van der Waals surface area contributed by atoms with Crippen molar-refractivity contribution in [3.05, 3.63) is 48.6 Å². The van der Waals surface area contributed by atoms with E-state index in [1.165, 1.54) is 96.3 Å². The number of phosphoric ester groups is 1. The molecule has 0 saturated heterocycles. The summed E-state index contributed by atoms with van der Waals surface area (Å²) in [6.45, 7) is 4.03. The molecular formula is C43H81N2O6P. The van der Waals surface area contributed by atoms with Crippen LogP contribution < -0.4 is 11.1 Å². The summed E-state index contributed by atoms with van der Waals surface area (Å²) >= 11 is 0. The number of hydrogen-bond acceptors (Lipinski definition) is 6. The lowest BCUT2D eigenvalue weighted by atomic mass is 10.0. The highest BCUT2D eigenvalue weighted by atomic mass is 31.2. The van der Waals surface area contributed by atoms with Crippen LogP contribution >= 0.6 is 7.82 Å². The first-order valence-corrected chi connectivity index (χ1v) is 22.8. The van der Waals surface area contributed by atoms with Gasteiger partial charge in [-0.15, -0.1) is 0 Å². The molecule has 1 amide bonds. The normalized spacial score (nSPS) is 14.6. The lowest BCUT2D eigenvalue weighted by Crippen LogP contribution is -2.45. The number of rotatable bonds is 39. The maximum Gasteiger partial charge on any atom is 0.472 e. The molecule has 0 spiro atoms. The zero-order valence-electron chi connectivity index (χ0n) is 33.5. The Bertz CT molecular complexity index is 954. The number of amides is 1. The Labute approximate surface area is 320 Å². The molecule has 9 heteroatoms. The molecule has 0 aliphatic rings. The first-order chi connectivity index (χ1) is 25.4. The highest BCUT2D eigenvalue weighted by molar-refractivity contribution is 7.47. The van der Waals surface area contributed by atoms with Gasteiger partial charge < -0.3 is 21.1 Å². The monoisotopic (exact) mass is 753 g/mol. The fourth-order valence-electron chi connectivity index (χ4n) is 5.89. The van der Waals surface area contributed by atoms with Crippen molar-refractivity contribution in [3.63, 3.8) is 0 Å². The van der Waals surface area contributed by atoms with E-state index in [2.05, 4.69) is 55.6 Å². The fraction of sp³-hybridized carbons (Fsp3) is 0.791. The fourth-order valence-corrected chi connectivity index (χ4v) is 6.65. The molecule has 0 bridgehead atoms. The van der Waals surface area contributed by atoms with Crippen LogP contribution in [0, 0.1) is 0 Å². The van der Waals surface area contributed by atoms with Crippen LogP contribution in [-0.2, 0) is 18.4 Å². The van der Waals surface area contributed by atoms with Crippen LogP contribution in [0.2, 0.25) is 0 Å². The third kappa shape index (κ3) is 36.8. The van der Waals surface area contributed by atoms with Crippen molar-refractivity contribution >= 4 is 13.7 Å². The molecule has 0 fully saturated rings. The zero-order valence-corrected chi connectivity index (χ0v) is 34.4. The Morgan fingerprint density at radius 3 is 1.67 bits per heavy atom. The van der Waals surface area contributed by atoms with Crippen LogP contribution in [0.3, 0.4) is 0 Å². The minimum atomic E-state index is -4.35. The van der Waals surface area contributed by atoms with E-state index in [4.69, 9.17) is 14.8 Å². The number of nitrogens with two attached hydrogens (primary N) is 1. The number of hydrogen-bond donors (Lipinski definition) is 4. The summed E-state index contributed by atoms with van der Waals surface area (Å²) in [5, 5.41) is 13.6. The first kappa shape index (κ1) is 50.5. The SMILES string of the molecule is CCC/C=C\C/C=C\CCCCCCCC(=O)NC(COP(=O)(O)OCCN)C(O)/C=C/CC/C=C/CCCCCCCCCCCCCCCC. The maximum absolute atomic E-state index is 12.7. The standard InChI is InChI=1S/C43H81N2O6P/c1-3-5-7-9-11-13-15-17-18-19-20-21-22-23-25-26-28-30-32-34-36-42(46)41(40-51-52(48,49)50-39-38-44)45-43(47)37-35-33-31-29-27-24-16-14-12-10-8-6-4-2/h8,10,14,16,26,28,34,36,41-42,46H,3-7,9,11-13,15,17-25,27,29-33,35,37-40,44H2,1-2H3,(H,45,47)(H,48,49)/b10-8-,16-14-,28-26+,36-34+. The van der Waals surface area contributed by atoms with E-state index in [1.807, 2.05) is 6.08 Å². The molecule has 0 saturated carbocycles. The smallest absolute Gasteiger partial charge is 0.387 e. The summed E-state index contributed by atoms with van der Waals surface area (Å²) in [5.74, 6) is -0.220. The Morgan fingerprint density at radius 2 is 1.12 bits per heavy atom. The van der Waals surface area contributed by atoms with Crippen LogP contribution in [0.4, 0.5) is 0 Å². The summed E-state index contributed by atoms with van der Waals surface area (Å²) in [4.78, 5) is 22.6. The number of unbranched alkanes of at least 4 members (excludes halogenated alkanes) is 21. The second-order valence-electron chi connectivity index (χ2n) is 14.2. The molecule has 52 heavy (non-hydrogen) atoms. The molecule has 3 atom stereocenters. The number of phosphoric acid groups is 1. The van der Waals surface area contributed by atoms with Crippen LogP contribution in [0.5, 0.6) is 0 Å². The van der Waals surface area contributed by atoms with Gasteiger partial charge in [0.25, 0.3) is 0 Å². The molecule has 5 N–H and O–H groups in total. The Kier molecular flexibility index (Phi) is 38.0. The number of aliphatic hydroxyl groups is 1. The van der Waals surface area contributed by atoms with E-state index in [1.54, 1.807) is 6.08 Å². The summed E-state index contributed by atoms with van der Waals surface area (Å²) in [6, 6.07) is -0.884. The lowest BCUT2D eigenvalue weighted by molar-refractivity contribution is -0.123. The lowest BCUT2D eigenvalue weighted by Gasteiger charge is -2.23. The van der Waals surface area contributed by atoms with Crippen molar-refractivity contribution in [1.29, 1.82) is 0 Å². The maximum atomic E-state index is 12.7. The van der Waals surface area contributed by atoms with E-state index < -0.39 is 20.0 Å². The molecule has 0 heterocycles. The van der Waals surface area contributed by atoms with Gasteiger partial charge in [0.2, 0.25) is 5.91 Å². The largest absolute Gasteiger partial charge is 0.472 e. The van der Waals surface area contributed by atoms with Crippen LogP contribution in [0.1, 0.15) is 187 Å². The number of carbonyl (C=O) groups is 1. The van der Waals surface area contributed by atoms with Crippen LogP contribution in [0.15, 0.2) is 48.6 Å². The molecule has 8 nitrogen and oxygen atoms in total. The van der Waals surface area contributed by atoms with Gasteiger partial charge in [-0.3, -0.25) is 13.8 Å². The van der Waals surface area contributed by atoms with Crippen LogP contribution in [-0.4, -0.2) is 47.8 Å². The third-order valence-corrected chi connectivity index (χ3v) is 10.1.